The normalized spacial score (nSPS) is 13.3. The number of nitrogens with zero attached hydrogens (tertiary/aromatic N) is 1. The highest BCUT2D eigenvalue weighted by atomic mass is 32.2. The first-order valence-corrected chi connectivity index (χ1v) is 11.8. The van der Waals surface area contributed by atoms with E-state index in [9.17, 15) is 13.2 Å². The second-order valence-corrected chi connectivity index (χ2v) is 11.0. The molecule has 29 heavy (non-hydrogen) atoms. The van der Waals surface area contributed by atoms with Crippen molar-refractivity contribution in [3.05, 3.63) is 48.0 Å². The van der Waals surface area contributed by atoms with Gasteiger partial charge in [0, 0.05) is 6.26 Å². The average molecular weight is 433 g/mol. The van der Waals surface area contributed by atoms with Crippen LogP contribution >= 0.6 is 11.3 Å². The quantitative estimate of drug-likeness (QED) is 0.646. The third-order valence-electron chi connectivity index (χ3n) is 4.42. The maximum Gasteiger partial charge on any atom is 0.266 e. The molecular weight excluding hydrogens is 408 g/mol. The smallest absolute Gasteiger partial charge is 0.266 e. The van der Waals surface area contributed by atoms with Crippen molar-refractivity contribution >= 4 is 42.4 Å². The van der Waals surface area contributed by atoms with E-state index in [1.54, 1.807) is 19.1 Å². The van der Waals surface area contributed by atoms with Gasteiger partial charge in [-0.15, -0.1) is 0 Å². The van der Waals surface area contributed by atoms with E-state index >= 15 is 0 Å². The zero-order valence-electron chi connectivity index (χ0n) is 17.0. The van der Waals surface area contributed by atoms with Crippen LogP contribution in [-0.2, 0) is 20.0 Å². The number of nitrogens with one attached hydrogen (secondary N) is 1. The summed E-state index contributed by atoms with van der Waals surface area (Å²) >= 11 is 1.22. The Balaban J connectivity index is 1.69. The van der Waals surface area contributed by atoms with Gasteiger partial charge in [0.25, 0.3) is 5.91 Å². The molecule has 0 radical (unpaired) electrons. The first-order chi connectivity index (χ1) is 13.4. The summed E-state index contributed by atoms with van der Waals surface area (Å²) in [6.07, 6.45) is 0.444. The molecule has 0 aliphatic rings. The predicted octanol–water partition coefficient (Wildman–Crippen LogP) is 4.40. The first kappa shape index (κ1) is 21.3. The van der Waals surface area contributed by atoms with Crippen molar-refractivity contribution in [1.29, 1.82) is 0 Å². The number of hydrogen-bond donors (Lipinski definition) is 1. The molecule has 0 fully saturated rings. The highest BCUT2D eigenvalue weighted by Gasteiger charge is 2.18. The third-order valence-corrected chi connectivity index (χ3v) is 6.46. The molecule has 8 heteroatoms. The van der Waals surface area contributed by atoms with Gasteiger partial charge in [-0.25, -0.2) is 13.4 Å². The van der Waals surface area contributed by atoms with Crippen LogP contribution in [0, 0.1) is 0 Å². The number of thiazole rings is 1. The molecule has 1 N–H and O–H groups in total. The first-order valence-electron chi connectivity index (χ1n) is 9.12. The summed E-state index contributed by atoms with van der Waals surface area (Å²) in [6, 6.07) is 12.4. The Labute approximate surface area is 174 Å². The van der Waals surface area contributed by atoms with E-state index in [1.165, 1.54) is 23.0 Å². The standard InChI is InChI=1S/C21H24N2O4S2/c1-13(27-15-8-6-14(7-9-15)21(2,3)4)19(24)23-20-22-17-11-10-16(29(5,25)26)12-18(17)28-20/h6-13H,1-5H3,(H,22,23,24)/t13-/m1/s1. The van der Waals surface area contributed by atoms with Gasteiger partial charge in [0.1, 0.15) is 5.75 Å². The number of amides is 1. The average Bonchev–Trinajstić information content (AvgIpc) is 3.02. The lowest BCUT2D eigenvalue weighted by Crippen LogP contribution is -2.30. The molecule has 154 valence electrons. The molecule has 1 heterocycles. The number of rotatable bonds is 5. The van der Waals surface area contributed by atoms with E-state index in [4.69, 9.17) is 4.74 Å². The van der Waals surface area contributed by atoms with Crippen LogP contribution in [0.5, 0.6) is 5.75 Å². The molecule has 6 nitrogen and oxygen atoms in total. The molecule has 0 saturated carbocycles. The molecule has 0 saturated heterocycles. The van der Waals surface area contributed by atoms with Crippen LogP contribution < -0.4 is 10.1 Å². The van der Waals surface area contributed by atoms with E-state index in [2.05, 4.69) is 31.1 Å². The fourth-order valence-corrected chi connectivity index (χ4v) is 4.32. The number of aromatic nitrogens is 1. The van der Waals surface area contributed by atoms with Crippen molar-refractivity contribution in [2.45, 2.75) is 44.1 Å². The number of fused-ring (bicyclic) bond motifs is 1. The molecule has 0 aliphatic carbocycles. The highest BCUT2D eigenvalue weighted by Crippen LogP contribution is 2.29. The monoisotopic (exact) mass is 432 g/mol. The number of carbonyl (C=O) groups excluding carboxylic acids is 1. The molecule has 1 aromatic heterocycles. The van der Waals surface area contributed by atoms with Crippen molar-refractivity contribution in [1.82, 2.24) is 4.98 Å². The van der Waals surface area contributed by atoms with Crippen molar-refractivity contribution < 1.29 is 17.9 Å². The number of ether oxygens (including phenoxy) is 1. The van der Waals surface area contributed by atoms with Crippen LogP contribution in [0.15, 0.2) is 47.4 Å². The summed E-state index contributed by atoms with van der Waals surface area (Å²) in [5, 5.41) is 3.14. The lowest BCUT2D eigenvalue weighted by atomic mass is 9.87. The van der Waals surface area contributed by atoms with Crippen molar-refractivity contribution in [2.24, 2.45) is 0 Å². The van der Waals surface area contributed by atoms with Gasteiger partial charge in [0.15, 0.2) is 21.1 Å². The van der Waals surface area contributed by atoms with Gasteiger partial charge in [-0.3, -0.25) is 10.1 Å². The molecule has 3 aromatic rings. The van der Waals surface area contributed by atoms with Crippen molar-refractivity contribution in [3.63, 3.8) is 0 Å². The molecule has 0 unspecified atom stereocenters. The number of benzene rings is 2. The van der Waals surface area contributed by atoms with E-state index in [0.717, 1.165) is 6.26 Å². The Morgan fingerprint density at radius 1 is 1.14 bits per heavy atom. The molecule has 0 spiro atoms. The van der Waals surface area contributed by atoms with Gasteiger partial charge in [-0.2, -0.15) is 0 Å². The number of sulfone groups is 1. The van der Waals surface area contributed by atoms with Gasteiger partial charge in [0.05, 0.1) is 15.1 Å². The van der Waals surface area contributed by atoms with Crippen LogP contribution in [-0.4, -0.2) is 31.7 Å². The minimum Gasteiger partial charge on any atom is -0.481 e. The minimum absolute atomic E-state index is 0.0470. The van der Waals surface area contributed by atoms with Crippen LogP contribution in [0.4, 0.5) is 5.13 Å². The Kier molecular flexibility index (Phi) is 5.69. The van der Waals surface area contributed by atoms with E-state index in [1.807, 2.05) is 24.3 Å². The van der Waals surface area contributed by atoms with Crippen LogP contribution in [0.25, 0.3) is 10.2 Å². The van der Waals surface area contributed by atoms with E-state index < -0.39 is 15.9 Å². The summed E-state index contributed by atoms with van der Waals surface area (Å²) in [5.74, 6) is 0.287. The number of hydrogen-bond acceptors (Lipinski definition) is 6. The molecule has 1 amide bonds. The number of carbonyl (C=O) groups is 1. The summed E-state index contributed by atoms with van der Waals surface area (Å²) in [6.45, 7) is 8.07. The van der Waals surface area contributed by atoms with Gasteiger partial charge in [0.2, 0.25) is 0 Å². The molecule has 2 aromatic carbocycles. The van der Waals surface area contributed by atoms with Gasteiger partial charge >= 0.3 is 0 Å². The van der Waals surface area contributed by atoms with E-state index in [0.29, 0.717) is 21.1 Å². The lowest BCUT2D eigenvalue weighted by molar-refractivity contribution is -0.122. The third kappa shape index (κ3) is 5.13. The summed E-state index contributed by atoms with van der Waals surface area (Å²) in [4.78, 5) is 17.0. The molecule has 1 atom stereocenters. The SMILES string of the molecule is C[C@@H](Oc1ccc(C(C)(C)C)cc1)C(=O)Nc1nc2ccc(S(C)(=O)=O)cc2s1. The molecule has 0 bridgehead atoms. The predicted molar refractivity (Wildman–Crippen MR) is 117 cm³/mol. The molecule has 3 rings (SSSR count). The summed E-state index contributed by atoms with van der Waals surface area (Å²) in [7, 11) is -3.30. The Bertz CT molecular complexity index is 1140. The van der Waals surface area contributed by atoms with Crippen LogP contribution in [0.3, 0.4) is 0 Å². The molecular formula is C21H24N2O4S2. The van der Waals surface area contributed by atoms with Gasteiger partial charge in [-0.1, -0.05) is 44.2 Å². The zero-order valence-corrected chi connectivity index (χ0v) is 18.6. The Morgan fingerprint density at radius 2 is 1.79 bits per heavy atom. The largest absolute Gasteiger partial charge is 0.481 e. The Morgan fingerprint density at radius 3 is 2.38 bits per heavy atom. The molecule has 0 aliphatic heterocycles. The van der Waals surface area contributed by atoms with Gasteiger partial charge in [-0.05, 0) is 48.2 Å². The van der Waals surface area contributed by atoms with Crippen molar-refractivity contribution in [2.75, 3.05) is 11.6 Å². The summed E-state index contributed by atoms with van der Waals surface area (Å²) < 4.78 is 29.8. The van der Waals surface area contributed by atoms with E-state index in [-0.39, 0.29) is 16.2 Å². The fraction of sp³-hybridized carbons (Fsp3) is 0.333. The topological polar surface area (TPSA) is 85.4 Å². The maximum absolute atomic E-state index is 12.5. The second kappa shape index (κ2) is 7.76. The maximum atomic E-state index is 12.5. The van der Waals surface area contributed by atoms with Crippen LogP contribution in [0.1, 0.15) is 33.3 Å². The van der Waals surface area contributed by atoms with Gasteiger partial charge < -0.3 is 4.74 Å². The van der Waals surface area contributed by atoms with Crippen LogP contribution in [0.2, 0.25) is 0 Å². The number of anilines is 1. The second-order valence-electron chi connectivity index (χ2n) is 7.94. The Hall–Kier alpha value is -2.45. The highest BCUT2D eigenvalue weighted by molar-refractivity contribution is 7.90. The van der Waals surface area contributed by atoms with Crippen molar-refractivity contribution in [3.8, 4) is 5.75 Å². The lowest BCUT2D eigenvalue weighted by Gasteiger charge is -2.20. The zero-order chi connectivity index (χ0) is 21.4. The fourth-order valence-electron chi connectivity index (χ4n) is 2.69. The minimum atomic E-state index is -3.30. The summed E-state index contributed by atoms with van der Waals surface area (Å²) in [5.41, 5.74) is 1.86.